The van der Waals surface area contributed by atoms with Crippen LogP contribution >= 0.6 is 0 Å². The van der Waals surface area contributed by atoms with Gasteiger partial charge in [-0.3, -0.25) is 0 Å². The second-order valence-corrected chi connectivity index (χ2v) is 2.48. The van der Waals surface area contributed by atoms with Crippen molar-refractivity contribution < 1.29 is 27.8 Å². The molecular weight excluding hydrogens is 222 g/mol. The predicted molar refractivity (Wildman–Crippen MR) is 48.7 cm³/mol. The molecule has 1 rings (SSSR count). The van der Waals surface area contributed by atoms with E-state index >= 15 is 0 Å². The molecule has 6 heteroatoms. The topological polar surface area (TPSA) is 52.6 Å². The smallest absolute Gasteiger partial charge is 0.373 e. The Labute approximate surface area is 90.8 Å². The summed E-state index contributed by atoms with van der Waals surface area (Å²) >= 11 is 0. The van der Waals surface area contributed by atoms with Gasteiger partial charge < -0.3 is 9.47 Å². The van der Waals surface area contributed by atoms with E-state index in [1.807, 2.05) is 0 Å². The Morgan fingerprint density at radius 1 is 1.19 bits per heavy atom. The maximum absolute atomic E-state index is 12.9. The van der Waals surface area contributed by atoms with Crippen LogP contribution in [-0.2, 0) is 14.3 Å². The van der Waals surface area contributed by atoms with E-state index in [4.69, 9.17) is 14.3 Å². The second-order valence-electron chi connectivity index (χ2n) is 2.48. The third-order valence-electron chi connectivity index (χ3n) is 1.45. The molecule has 0 unspecified atom stereocenters. The minimum atomic E-state index is -0.698. The van der Waals surface area contributed by atoms with Crippen molar-refractivity contribution in [3.8, 4) is 5.75 Å². The molecule has 0 saturated heterocycles. The molecule has 0 spiro atoms. The first-order valence-corrected chi connectivity index (χ1v) is 4.22. The molecule has 0 aromatic heterocycles. The second kappa shape index (κ2) is 8.52. The van der Waals surface area contributed by atoms with E-state index in [0.29, 0.717) is 6.61 Å². The summed E-state index contributed by atoms with van der Waals surface area (Å²) in [6, 6.07) is 3.57. The summed E-state index contributed by atoms with van der Waals surface area (Å²) in [5, 5.41) is 0. The fourth-order valence-electron chi connectivity index (χ4n) is 0.847. The number of rotatable bonds is 4. The number of benzene rings is 1. The van der Waals surface area contributed by atoms with Crippen molar-refractivity contribution >= 4 is 6.15 Å². The largest absolute Gasteiger partial charge is 0.485 e. The van der Waals surface area contributed by atoms with Crippen molar-refractivity contribution in [1.29, 1.82) is 0 Å². The molecule has 0 saturated carbocycles. The molecule has 1 aromatic carbocycles. The molecule has 0 aliphatic carbocycles. The lowest BCUT2D eigenvalue weighted by Gasteiger charge is -2.06. The van der Waals surface area contributed by atoms with Crippen LogP contribution in [0.1, 0.15) is 0 Å². The van der Waals surface area contributed by atoms with Crippen molar-refractivity contribution in [2.45, 2.75) is 0 Å². The summed E-state index contributed by atoms with van der Waals surface area (Å²) in [6.45, 7) is 0.433. The average molecular weight is 232 g/mol. The minimum Gasteiger partial charge on any atom is -0.485 e. The molecule has 0 amide bonds. The Balaban J connectivity index is 0.000000673. The first kappa shape index (κ1) is 14.2. The number of halogens is 2. The fraction of sp³-hybridized carbons (Fsp3) is 0.300. The van der Waals surface area contributed by atoms with Crippen LogP contribution in [0.4, 0.5) is 8.78 Å². The zero-order valence-electron chi connectivity index (χ0n) is 8.54. The first-order valence-electron chi connectivity index (χ1n) is 4.22. The van der Waals surface area contributed by atoms with Crippen molar-refractivity contribution in [2.24, 2.45) is 0 Å². The van der Waals surface area contributed by atoms with Crippen molar-refractivity contribution in [2.75, 3.05) is 20.3 Å². The molecule has 16 heavy (non-hydrogen) atoms. The van der Waals surface area contributed by atoms with Gasteiger partial charge in [-0.2, -0.15) is 9.59 Å². The van der Waals surface area contributed by atoms with Crippen LogP contribution < -0.4 is 4.74 Å². The van der Waals surface area contributed by atoms with E-state index in [9.17, 15) is 8.78 Å². The van der Waals surface area contributed by atoms with Gasteiger partial charge in [0, 0.05) is 7.11 Å². The number of ether oxygens (including phenoxy) is 2. The van der Waals surface area contributed by atoms with Crippen LogP contribution in [0.15, 0.2) is 18.2 Å². The Morgan fingerprint density at radius 3 is 2.12 bits per heavy atom. The van der Waals surface area contributed by atoms with Crippen LogP contribution in [0, 0.1) is 11.6 Å². The maximum Gasteiger partial charge on any atom is 0.373 e. The lowest BCUT2D eigenvalue weighted by atomic mass is 10.3. The van der Waals surface area contributed by atoms with Gasteiger partial charge in [0.1, 0.15) is 6.61 Å². The molecule has 1 aromatic rings. The highest BCUT2D eigenvalue weighted by molar-refractivity contribution is 5.25. The molecule has 88 valence electrons. The van der Waals surface area contributed by atoms with Crippen molar-refractivity contribution in [1.82, 2.24) is 0 Å². The Morgan fingerprint density at radius 2 is 1.69 bits per heavy atom. The quantitative estimate of drug-likeness (QED) is 0.736. The highest BCUT2D eigenvalue weighted by atomic mass is 19.1. The summed E-state index contributed by atoms with van der Waals surface area (Å²) in [4.78, 5) is 16.2. The van der Waals surface area contributed by atoms with E-state index in [1.54, 1.807) is 0 Å². The highest BCUT2D eigenvalue weighted by Crippen LogP contribution is 2.20. The van der Waals surface area contributed by atoms with E-state index in [-0.39, 0.29) is 18.5 Å². The van der Waals surface area contributed by atoms with E-state index in [0.717, 1.165) is 12.1 Å². The predicted octanol–water partition coefficient (Wildman–Crippen LogP) is 1.41. The van der Waals surface area contributed by atoms with E-state index in [1.165, 1.54) is 13.2 Å². The van der Waals surface area contributed by atoms with Crippen LogP contribution in [0.25, 0.3) is 0 Å². The molecule has 0 aliphatic rings. The molecule has 0 radical (unpaired) electrons. The number of hydrogen-bond donors (Lipinski definition) is 0. The normalized spacial score (nSPS) is 8.69. The Bertz CT molecular complexity index is 328. The van der Waals surface area contributed by atoms with Crippen LogP contribution in [-0.4, -0.2) is 26.5 Å². The van der Waals surface area contributed by atoms with Crippen LogP contribution in [0.2, 0.25) is 0 Å². The molecule has 0 bridgehead atoms. The summed E-state index contributed by atoms with van der Waals surface area (Å²) in [5.41, 5.74) is 0. The number of methoxy groups -OCH3 is 1. The van der Waals surface area contributed by atoms with Crippen molar-refractivity contribution in [3.05, 3.63) is 29.8 Å². The van der Waals surface area contributed by atoms with Gasteiger partial charge in [0.05, 0.1) is 6.61 Å². The minimum absolute atomic E-state index is 0.133. The van der Waals surface area contributed by atoms with Gasteiger partial charge in [0.2, 0.25) is 0 Å². The van der Waals surface area contributed by atoms with Gasteiger partial charge >= 0.3 is 6.15 Å². The molecule has 0 atom stereocenters. The first-order chi connectivity index (χ1) is 7.67. The van der Waals surface area contributed by atoms with Gasteiger partial charge in [-0.25, -0.2) is 8.78 Å². The summed E-state index contributed by atoms with van der Waals surface area (Å²) in [6.07, 6.45) is 0.250. The Hall–Kier alpha value is -1.78. The van der Waals surface area contributed by atoms with Gasteiger partial charge in [0.25, 0.3) is 0 Å². The highest BCUT2D eigenvalue weighted by Gasteiger charge is 2.08. The summed E-state index contributed by atoms with van der Waals surface area (Å²) in [5.74, 6) is -1.74. The molecule has 0 aliphatic heterocycles. The zero-order chi connectivity index (χ0) is 12.4. The SMILES string of the molecule is COCCOc1c(F)cccc1F.O=C=O. The monoisotopic (exact) mass is 232 g/mol. The number of carbonyl (C=O) groups excluding carboxylic acids is 2. The van der Waals surface area contributed by atoms with Gasteiger partial charge in [0.15, 0.2) is 17.4 Å². The van der Waals surface area contributed by atoms with Gasteiger partial charge in [-0.15, -0.1) is 0 Å². The number of para-hydroxylation sites is 1. The van der Waals surface area contributed by atoms with Crippen molar-refractivity contribution in [3.63, 3.8) is 0 Å². The van der Waals surface area contributed by atoms with Gasteiger partial charge in [-0.1, -0.05) is 6.07 Å². The Kier molecular flexibility index (Phi) is 7.57. The number of hydrogen-bond acceptors (Lipinski definition) is 4. The molecular formula is C10H10F2O4. The summed E-state index contributed by atoms with van der Waals surface area (Å²) in [7, 11) is 1.49. The van der Waals surface area contributed by atoms with E-state index in [2.05, 4.69) is 4.74 Å². The standard InChI is InChI=1S/C9H10F2O2.CO2/c1-12-5-6-13-9-7(10)3-2-4-8(9)11;2-1-3/h2-4H,5-6H2,1H3;. The van der Waals surface area contributed by atoms with Crippen LogP contribution in [0.3, 0.4) is 0 Å². The third kappa shape index (κ3) is 5.19. The van der Waals surface area contributed by atoms with E-state index < -0.39 is 11.6 Å². The summed E-state index contributed by atoms with van der Waals surface area (Å²) < 4.78 is 35.3. The average Bonchev–Trinajstić information content (AvgIpc) is 2.24. The maximum atomic E-state index is 12.9. The lowest BCUT2D eigenvalue weighted by Crippen LogP contribution is -2.06. The lowest BCUT2D eigenvalue weighted by molar-refractivity contribution is -0.191. The molecule has 0 heterocycles. The molecule has 0 fully saturated rings. The third-order valence-corrected chi connectivity index (χ3v) is 1.45. The van der Waals surface area contributed by atoms with Crippen LogP contribution in [0.5, 0.6) is 5.75 Å². The molecule has 0 N–H and O–H groups in total. The van der Waals surface area contributed by atoms with Gasteiger partial charge in [-0.05, 0) is 12.1 Å². The zero-order valence-corrected chi connectivity index (χ0v) is 8.54. The fourth-order valence-corrected chi connectivity index (χ4v) is 0.847. The molecule has 4 nitrogen and oxygen atoms in total.